The summed E-state index contributed by atoms with van der Waals surface area (Å²) in [6.45, 7) is 8.44. The molecule has 3 rings (SSSR count). The van der Waals surface area contributed by atoms with Gasteiger partial charge < -0.3 is 10.6 Å². The fraction of sp³-hybridized carbons (Fsp3) is 0.292. The van der Waals surface area contributed by atoms with Crippen molar-refractivity contribution in [2.45, 2.75) is 34.1 Å². The lowest BCUT2D eigenvalue weighted by atomic mass is 10.1. The van der Waals surface area contributed by atoms with Crippen LogP contribution in [0.2, 0.25) is 5.02 Å². The fourth-order valence-corrected chi connectivity index (χ4v) is 3.56. The van der Waals surface area contributed by atoms with Crippen molar-refractivity contribution in [3.8, 4) is 5.69 Å². The second-order valence-corrected chi connectivity index (χ2v) is 8.05. The van der Waals surface area contributed by atoms with Gasteiger partial charge in [-0.2, -0.15) is 5.10 Å². The molecule has 0 fully saturated rings. The second kappa shape index (κ2) is 9.79. The smallest absolute Gasteiger partial charge is 0.251 e. The summed E-state index contributed by atoms with van der Waals surface area (Å²) in [5, 5.41) is 10.9. The number of benzene rings is 2. The molecule has 3 aromatic rings. The number of hydrogen-bond acceptors (Lipinski definition) is 3. The van der Waals surface area contributed by atoms with Crippen molar-refractivity contribution in [2.75, 3.05) is 13.1 Å². The maximum Gasteiger partial charge on any atom is 0.251 e. The number of carbonyl (C=O) groups excluding carboxylic acids is 2. The largest absolute Gasteiger partial charge is 0.354 e. The highest BCUT2D eigenvalue weighted by Gasteiger charge is 2.16. The summed E-state index contributed by atoms with van der Waals surface area (Å²) in [5.41, 5.74) is 6.10. The van der Waals surface area contributed by atoms with Crippen LogP contribution in [0.5, 0.6) is 0 Å². The summed E-state index contributed by atoms with van der Waals surface area (Å²) in [7, 11) is 0. The van der Waals surface area contributed by atoms with Crippen LogP contribution in [-0.4, -0.2) is 34.7 Å². The van der Waals surface area contributed by atoms with Crippen molar-refractivity contribution in [1.82, 2.24) is 20.4 Å². The average Bonchev–Trinajstić information content (AvgIpc) is 3.01. The van der Waals surface area contributed by atoms with Crippen molar-refractivity contribution >= 4 is 23.4 Å². The van der Waals surface area contributed by atoms with Gasteiger partial charge >= 0.3 is 0 Å². The van der Waals surface area contributed by atoms with E-state index < -0.39 is 0 Å². The Morgan fingerprint density at radius 1 is 1.00 bits per heavy atom. The predicted molar refractivity (Wildman–Crippen MR) is 123 cm³/mol. The Balaban J connectivity index is 1.55. The first-order valence-corrected chi connectivity index (χ1v) is 10.6. The molecule has 0 radical (unpaired) electrons. The van der Waals surface area contributed by atoms with Gasteiger partial charge in [-0.25, -0.2) is 4.68 Å². The fourth-order valence-electron chi connectivity index (χ4n) is 3.39. The molecule has 7 heteroatoms. The zero-order valence-corrected chi connectivity index (χ0v) is 19.0. The molecule has 0 aliphatic heterocycles. The van der Waals surface area contributed by atoms with Gasteiger partial charge in [0, 0.05) is 34.9 Å². The van der Waals surface area contributed by atoms with E-state index in [1.54, 1.807) is 6.07 Å². The zero-order chi connectivity index (χ0) is 22.5. The van der Waals surface area contributed by atoms with Gasteiger partial charge in [-0.05, 0) is 57.5 Å². The molecular formula is C24H27ClN4O2. The molecule has 0 atom stereocenters. The van der Waals surface area contributed by atoms with Gasteiger partial charge in [0.05, 0.1) is 17.8 Å². The van der Waals surface area contributed by atoms with Gasteiger partial charge in [0.25, 0.3) is 5.91 Å². The van der Waals surface area contributed by atoms with E-state index in [0.29, 0.717) is 23.7 Å². The molecule has 0 spiro atoms. The predicted octanol–water partition coefficient (Wildman–Crippen LogP) is 3.85. The number of nitrogens with one attached hydrogen (secondary N) is 2. The van der Waals surface area contributed by atoms with Gasteiger partial charge in [-0.3, -0.25) is 9.59 Å². The lowest BCUT2D eigenvalue weighted by Crippen LogP contribution is -2.35. The van der Waals surface area contributed by atoms with Gasteiger partial charge in [0.1, 0.15) is 0 Å². The highest BCUT2D eigenvalue weighted by Crippen LogP contribution is 2.23. The van der Waals surface area contributed by atoms with Crippen molar-refractivity contribution in [1.29, 1.82) is 0 Å². The summed E-state index contributed by atoms with van der Waals surface area (Å²) in [5.74, 6) is -0.264. The van der Waals surface area contributed by atoms with Crippen molar-refractivity contribution in [3.63, 3.8) is 0 Å². The highest BCUT2D eigenvalue weighted by molar-refractivity contribution is 6.31. The lowest BCUT2D eigenvalue weighted by molar-refractivity contribution is -0.120. The molecule has 0 bridgehead atoms. The summed E-state index contributed by atoms with van der Waals surface area (Å²) in [4.78, 5) is 24.6. The average molecular weight is 439 g/mol. The molecule has 1 aromatic heterocycles. The topological polar surface area (TPSA) is 76.0 Å². The van der Waals surface area contributed by atoms with Crippen LogP contribution in [0.3, 0.4) is 0 Å². The number of rotatable bonds is 7. The van der Waals surface area contributed by atoms with Crippen LogP contribution in [0.15, 0.2) is 42.5 Å². The van der Waals surface area contributed by atoms with Crippen molar-refractivity contribution in [2.24, 2.45) is 0 Å². The number of halogens is 1. The van der Waals surface area contributed by atoms with E-state index in [0.717, 1.165) is 33.8 Å². The van der Waals surface area contributed by atoms with Crippen LogP contribution in [0, 0.1) is 27.7 Å². The standard InChI is InChI=1S/C24H27ClN4O2/c1-15-6-5-7-19(12-15)24(31)27-11-10-26-23(30)14-21-17(3)28-29(18(21)4)20-9-8-16(2)22(25)13-20/h5-9,12-13H,10-11,14H2,1-4H3,(H,26,30)(H,27,31). The highest BCUT2D eigenvalue weighted by atomic mass is 35.5. The van der Waals surface area contributed by atoms with E-state index in [9.17, 15) is 9.59 Å². The number of carbonyl (C=O) groups is 2. The maximum atomic E-state index is 12.4. The van der Waals surface area contributed by atoms with Gasteiger partial charge in [-0.1, -0.05) is 35.4 Å². The number of nitrogens with zero attached hydrogens (tertiary/aromatic N) is 2. The SMILES string of the molecule is Cc1cccc(C(=O)NCCNC(=O)Cc2c(C)nn(-c3ccc(C)c(Cl)c3)c2C)c1. The van der Waals surface area contributed by atoms with Gasteiger partial charge in [0.2, 0.25) is 5.91 Å². The molecule has 31 heavy (non-hydrogen) atoms. The van der Waals surface area contributed by atoms with Crippen LogP contribution >= 0.6 is 11.6 Å². The third kappa shape index (κ3) is 5.52. The minimum Gasteiger partial charge on any atom is -0.354 e. The summed E-state index contributed by atoms with van der Waals surface area (Å²) in [6, 6.07) is 13.2. The van der Waals surface area contributed by atoms with E-state index in [1.807, 2.05) is 68.8 Å². The van der Waals surface area contributed by atoms with E-state index in [2.05, 4.69) is 15.7 Å². The maximum absolute atomic E-state index is 12.4. The monoisotopic (exact) mass is 438 g/mol. The quantitative estimate of drug-likeness (QED) is 0.550. The molecule has 162 valence electrons. The Bertz CT molecular complexity index is 1120. The Hall–Kier alpha value is -3.12. The normalized spacial score (nSPS) is 10.7. The minimum atomic E-state index is -0.150. The number of amides is 2. The summed E-state index contributed by atoms with van der Waals surface area (Å²) >= 11 is 6.25. The minimum absolute atomic E-state index is 0.113. The lowest BCUT2D eigenvalue weighted by Gasteiger charge is -2.09. The molecule has 0 aliphatic carbocycles. The van der Waals surface area contributed by atoms with E-state index >= 15 is 0 Å². The first kappa shape index (κ1) is 22.6. The number of aryl methyl sites for hydroxylation is 3. The second-order valence-electron chi connectivity index (χ2n) is 7.65. The third-order valence-electron chi connectivity index (χ3n) is 5.19. The molecule has 1 heterocycles. The summed E-state index contributed by atoms with van der Waals surface area (Å²) in [6.07, 6.45) is 0.225. The first-order valence-electron chi connectivity index (χ1n) is 10.2. The third-order valence-corrected chi connectivity index (χ3v) is 5.60. The Labute approximate surface area is 187 Å². The number of aromatic nitrogens is 2. The van der Waals surface area contributed by atoms with Crippen LogP contribution < -0.4 is 10.6 Å². The Morgan fingerprint density at radius 2 is 1.74 bits per heavy atom. The van der Waals surface area contributed by atoms with E-state index in [4.69, 9.17) is 11.6 Å². The van der Waals surface area contributed by atoms with Gasteiger partial charge in [0.15, 0.2) is 0 Å². The van der Waals surface area contributed by atoms with Crippen LogP contribution in [-0.2, 0) is 11.2 Å². The van der Waals surface area contributed by atoms with Crippen molar-refractivity contribution in [3.05, 3.63) is 81.1 Å². The molecule has 6 nitrogen and oxygen atoms in total. The Morgan fingerprint density at radius 3 is 2.45 bits per heavy atom. The summed E-state index contributed by atoms with van der Waals surface area (Å²) < 4.78 is 1.81. The van der Waals surface area contributed by atoms with Crippen molar-refractivity contribution < 1.29 is 9.59 Å². The van der Waals surface area contributed by atoms with Gasteiger partial charge in [-0.15, -0.1) is 0 Å². The molecule has 0 saturated carbocycles. The van der Waals surface area contributed by atoms with Crippen LogP contribution in [0.4, 0.5) is 0 Å². The molecule has 2 N–H and O–H groups in total. The molecule has 2 aromatic carbocycles. The molecule has 2 amide bonds. The zero-order valence-electron chi connectivity index (χ0n) is 18.3. The first-order chi connectivity index (χ1) is 14.8. The Kier molecular flexibility index (Phi) is 7.13. The molecule has 0 unspecified atom stereocenters. The molecular weight excluding hydrogens is 412 g/mol. The molecule has 0 saturated heterocycles. The van der Waals surface area contributed by atoms with E-state index in [1.165, 1.54) is 0 Å². The van der Waals surface area contributed by atoms with Crippen LogP contribution in [0.1, 0.15) is 38.4 Å². The number of hydrogen-bond donors (Lipinski definition) is 2. The van der Waals surface area contributed by atoms with E-state index in [-0.39, 0.29) is 18.2 Å². The van der Waals surface area contributed by atoms with Crippen LogP contribution in [0.25, 0.3) is 5.69 Å². The molecule has 0 aliphatic rings.